The van der Waals surface area contributed by atoms with Gasteiger partial charge in [-0.15, -0.1) is 0 Å². The smallest absolute Gasteiger partial charge is 0.0627 e. The first-order valence-corrected chi connectivity index (χ1v) is 5.63. The van der Waals surface area contributed by atoms with Gasteiger partial charge in [0.1, 0.15) is 0 Å². The van der Waals surface area contributed by atoms with E-state index in [0.29, 0.717) is 0 Å². The van der Waals surface area contributed by atoms with E-state index in [1.807, 2.05) is 24.5 Å². The van der Waals surface area contributed by atoms with Crippen molar-refractivity contribution in [3.63, 3.8) is 0 Å². The van der Waals surface area contributed by atoms with Crippen LogP contribution in [-0.4, -0.2) is 4.98 Å². The predicted molar refractivity (Wildman–Crippen MR) is 65.2 cm³/mol. The molecular formula is C14H14N2. The van der Waals surface area contributed by atoms with Gasteiger partial charge in [0.05, 0.1) is 5.54 Å². The van der Waals surface area contributed by atoms with Crippen molar-refractivity contribution >= 4 is 5.69 Å². The molecular weight excluding hydrogens is 196 g/mol. The molecule has 1 N–H and O–H groups in total. The van der Waals surface area contributed by atoms with Gasteiger partial charge in [0.2, 0.25) is 0 Å². The third-order valence-electron chi connectivity index (χ3n) is 3.14. The van der Waals surface area contributed by atoms with Gasteiger partial charge in [0.25, 0.3) is 0 Å². The number of rotatable bonds is 3. The van der Waals surface area contributed by atoms with E-state index in [1.54, 1.807) is 0 Å². The lowest BCUT2D eigenvalue weighted by Crippen LogP contribution is -2.18. The van der Waals surface area contributed by atoms with Crippen LogP contribution in [0.15, 0.2) is 54.9 Å². The number of benzene rings is 1. The maximum atomic E-state index is 4.03. The van der Waals surface area contributed by atoms with Crippen LogP contribution in [0.1, 0.15) is 18.4 Å². The summed E-state index contributed by atoms with van der Waals surface area (Å²) in [5.74, 6) is 0. The molecule has 2 nitrogen and oxygen atoms in total. The van der Waals surface area contributed by atoms with Gasteiger partial charge < -0.3 is 5.32 Å². The Balaban J connectivity index is 1.86. The molecule has 3 rings (SSSR count). The van der Waals surface area contributed by atoms with Crippen molar-refractivity contribution in [3.8, 4) is 0 Å². The van der Waals surface area contributed by atoms with Gasteiger partial charge in [-0.05, 0) is 30.5 Å². The second-order valence-electron chi connectivity index (χ2n) is 4.31. The Morgan fingerprint density at radius 2 is 1.62 bits per heavy atom. The highest BCUT2D eigenvalue weighted by Gasteiger charge is 2.44. The summed E-state index contributed by atoms with van der Waals surface area (Å²) in [6.07, 6.45) is 6.06. The van der Waals surface area contributed by atoms with Crippen LogP contribution in [0.25, 0.3) is 0 Å². The van der Waals surface area contributed by atoms with Crippen LogP contribution in [0.5, 0.6) is 0 Å². The van der Waals surface area contributed by atoms with Crippen molar-refractivity contribution in [2.24, 2.45) is 0 Å². The Bertz CT molecular complexity index is 461. The predicted octanol–water partition coefficient (Wildman–Crippen LogP) is 3.18. The summed E-state index contributed by atoms with van der Waals surface area (Å²) in [5, 5.41) is 3.61. The number of nitrogens with zero attached hydrogens (tertiary/aromatic N) is 1. The minimum atomic E-state index is 0.169. The summed E-state index contributed by atoms with van der Waals surface area (Å²) in [4.78, 5) is 4.03. The number of hydrogen-bond acceptors (Lipinski definition) is 2. The molecule has 1 fully saturated rings. The van der Waals surface area contributed by atoms with Gasteiger partial charge in [0.15, 0.2) is 0 Å². The van der Waals surface area contributed by atoms with Crippen LogP contribution in [0, 0.1) is 0 Å². The highest BCUT2D eigenvalue weighted by Crippen LogP contribution is 2.47. The molecule has 1 aromatic carbocycles. The summed E-state index contributed by atoms with van der Waals surface area (Å²) in [7, 11) is 0. The topological polar surface area (TPSA) is 24.9 Å². The van der Waals surface area contributed by atoms with Crippen LogP contribution >= 0.6 is 0 Å². The van der Waals surface area contributed by atoms with Gasteiger partial charge in [-0.2, -0.15) is 0 Å². The molecule has 0 saturated heterocycles. The lowest BCUT2D eigenvalue weighted by molar-refractivity contribution is 0.808. The van der Waals surface area contributed by atoms with Crippen LogP contribution in [0.2, 0.25) is 0 Å². The van der Waals surface area contributed by atoms with E-state index in [0.717, 1.165) is 5.69 Å². The molecule has 1 saturated carbocycles. The molecule has 0 aliphatic heterocycles. The van der Waals surface area contributed by atoms with Gasteiger partial charge in [-0.25, -0.2) is 0 Å². The number of anilines is 1. The molecule has 80 valence electrons. The Morgan fingerprint density at radius 1 is 0.938 bits per heavy atom. The number of hydrogen-bond donors (Lipinski definition) is 1. The first kappa shape index (κ1) is 9.40. The minimum Gasteiger partial charge on any atom is -0.375 e. The minimum absolute atomic E-state index is 0.169. The Kier molecular flexibility index (Phi) is 2.13. The monoisotopic (exact) mass is 210 g/mol. The van der Waals surface area contributed by atoms with Crippen molar-refractivity contribution in [3.05, 3.63) is 60.4 Å². The van der Waals surface area contributed by atoms with Crippen molar-refractivity contribution in [1.29, 1.82) is 0 Å². The third kappa shape index (κ3) is 1.67. The summed E-state index contributed by atoms with van der Waals surface area (Å²) in [6, 6.07) is 14.7. The molecule has 16 heavy (non-hydrogen) atoms. The normalized spacial score (nSPS) is 16.8. The third-order valence-corrected chi connectivity index (χ3v) is 3.14. The molecule has 2 heteroatoms. The second kappa shape index (κ2) is 3.63. The van der Waals surface area contributed by atoms with Crippen molar-refractivity contribution in [2.75, 3.05) is 5.32 Å². The zero-order valence-corrected chi connectivity index (χ0v) is 9.06. The van der Waals surface area contributed by atoms with E-state index in [-0.39, 0.29) is 5.54 Å². The zero-order chi connectivity index (χ0) is 10.8. The van der Waals surface area contributed by atoms with E-state index in [4.69, 9.17) is 0 Å². The summed E-state index contributed by atoms with van der Waals surface area (Å²) in [5.41, 5.74) is 2.70. The van der Waals surface area contributed by atoms with Gasteiger partial charge >= 0.3 is 0 Å². The van der Waals surface area contributed by atoms with E-state index >= 15 is 0 Å². The molecule has 1 aliphatic rings. The van der Waals surface area contributed by atoms with Crippen LogP contribution in [0.4, 0.5) is 5.69 Å². The molecule has 0 atom stereocenters. The molecule has 1 aromatic heterocycles. The summed E-state index contributed by atoms with van der Waals surface area (Å²) >= 11 is 0. The highest BCUT2D eigenvalue weighted by molar-refractivity contribution is 5.49. The van der Waals surface area contributed by atoms with Crippen LogP contribution < -0.4 is 5.32 Å². The Hall–Kier alpha value is -1.83. The molecule has 2 aromatic rings. The zero-order valence-electron chi connectivity index (χ0n) is 9.06. The highest BCUT2D eigenvalue weighted by atomic mass is 15.0. The first-order chi connectivity index (χ1) is 7.89. The Morgan fingerprint density at radius 3 is 2.25 bits per heavy atom. The molecule has 1 aliphatic carbocycles. The van der Waals surface area contributed by atoms with Crippen LogP contribution in [-0.2, 0) is 5.54 Å². The SMILES string of the molecule is c1ccc(C2(Nc3ccncc3)CC2)cc1. The summed E-state index contributed by atoms with van der Waals surface area (Å²) in [6.45, 7) is 0. The van der Waals surface area contributed by atoms with Crippen molar-refractivity contribution in [1.82, 2.24) is 4.98 Å². The van der Waals surface area contributed by atoms with E-state index in [9.17, 15) is 0 Å². The van der Waals surface area contributed by atoms with Gasteiger partial charge in [-0.1, -0.05) is 30.3 Å². The maximum absolute atomic E-state index is 4.03. The fourth-order valence-corrected chi connectivity index (χ4v) is 2.08. The average molecular weight is 210 g/mol. The van der Waals surface area contributed by atoms with Gasteiger partial charge in [0, 0.05) is 18.1 Å². The average Bonchev–Trinajstić information content (AvgIpc) is 3.13. The summed E-state index contributed by atoms with van der Waals surface area (Å²) < 4.78 is 0. The second-order valence-corrected chi connectivity index (χ2v) is 4.31. The maximum Gasteiger partial charge on any atom is 0.0627 e. The first-order valence-electron chi connectivity index (χ1n) is 5.63. The van der Waals surface area contributed by atoms with Crippen LogP contribution in [0.3, 0.4) is 0 Å². The van der Waals surface area contributed by atoms with E-state index < -0.39 is 0 Å². The standard InChI is InChI=1S/C14H14N2/c1-2-4-12(5-3-1)14(8-9-14)16-13-6-10-15-11-7-13/h1-7,10-11H,8-9H2,(H,15,16). The number of pyridine rings is 1. The number of aromatic nitrogens is 1. The quantitative estimate of drug-likeness (QED) is 0.841. The van der Waals surface area contributed by atoms with Crippen molar-refractivity contribution in [2.45, 2.75) is 18.4 Å². The van der Waals surface area contributed by atoms with Crippen molar-refractivity contribution < 1.29 is 0 Å². The number of nitrogens with one attached hydrogen (secondary N) is 1. The largest absolute Gasteiger partial charge is 0.375 e. The fourth-order valence-electron chi connectivity index (χ4n) is 2.08. The Labute approximate surface area is 95.3 Å². The molecule has 0 bridgehead atoms. The molecule has 0 radical (unpaired) electrons. The molecule has 1 heterocycles. The molecule has 0 spiro atoms. The van der Waals surface area contributed by atoms with Gasteiger partial charge in [-0.3, -0.25) is 4.98 Å². The molecule has 0 unspecified atom stereocenters. The van der Waals surface area contributed by atoms with E-state index in [1.165, 1.54) is 18.4 Å². The lowest BCUT2D eigenvalue weighted by Gasteiger charge is -2.19. The fraction of sp³-hybridized carbons (Fsp3) is 0.214. The molecule has 0 amide bonds. The lowest BCUT2D eigenvalue weighted by atomic mass is 10.0. The van der Waals surface area contributed by atoms with E-state index in [2.05, 4.69) is 40.6 Å².